The molecule has 0 aliphatic carbocycles. The number of carbonyl (C=O) groups excluding carboxylic acids is 1. The molecule has 2 aliphatic rings. The van der Waals surface area contributed by atoms with E-state index in [1.165, 1.54) is 4.90 Å². The minimum atomic E-state index is -2.49. The van der Waals surface area contributed by atoms with Crippen molar-refractivity contribution >= 4 is 34.3 Å². The number of benzene rings is 1. The largest absolute Gasteiger partial charge is 0.540 e. The van der Waals surface area contributed by atoms with Gasteiger partial charge in [-0.1, -0.05) is 74.5 Å². The lowest BCUT2D eigenvalue weighted by Crippen LogP contribution is -2.57. The number of methoxy groups -OCH3 is 1. The molecule has 3 rings (SSSR count). The number of amides is 2. The minimum absolute atomic E-state index is 0.176. The lowest BCUT2D eigenvalue weighted by Gasteiger charge is -2.44. The zero-order chi connectivity index (χ0) is 31.9. The number of rotatable bonds is 9. The molecule has 234 valence electrons. The highest BCUT2D eigenvalue weighted by Gasteiger charge is 2.51. The standard InChI is InChI=1S/C32H52N2O6Si2/c1-14-15-23-16-26-30(40-41(12,13)32(8,9)10)34(31(36)37)25-18-28(39-42(20(2)3,21(4)5)22(6)7)27(38-11)17-24(25)29(35)33(26)19-23/h14-15,17-22,26,30H,16H2,1-13H3,(H,36,37)/b15-14+. The van der Waals surface area contributed by atoms with Crippen LogP contribution in [0.25, 0.3) is 0 Å². The number of carbonyl (C=O) groups is 2. The number of hydrogen-bond donors (Lipinski definition) is 1. The van der Waals surface area contributed by atoms with Crippen molar-refractivity contribution in [3.05, 3.63) is 41.6 Å². The summed E-state index contributed by atoms with van der Waals surface area (Å²) in [4.78, 5) is 30.4. The molecule has 2 unspecified atom stereocenters. The molecule has 0 fully saturated rings. The average Bonchev–Trinajstić information content (AvgIpc) is 3.25. The third kappa shape index (κ3) is 5.94. The fraction of sp³-hybridized carbons (Fsp3) is 0.625. The Morgan fingerprint density at radius 1 is 1.05 bits per heavy atom. The highest BCUT2D eigenvalue weighted by Crippen LogP contribution is 2.49. The van der Waals surface area contributed by atoms with Gasteiger partial charge < -0.3 is 23.6 Å². The molecule has 0 spiro atoms. The van der Waals surface area contributed by atoms with E-state index in [0.29, 0.717) is 17.9 Å². The van der Waals surface area contributed by atoms with Crippen LogP contribution in [0.4, 0.5) is 10.5 Å². The number of ether oxygens (including phenoxy) is 1. The Balaban J connectivity index is 2.34. The van der Waals surface area contributed by atoms with Crippen LogP contribution in [-0.2, 0) is 4.43 Å². The Bertz CT molecular complexity index is 1230. The van der Waals surface area contributed by atoms with Crippen LogP contribution < -0.4 is 14.1 Å². The summed E-state index contributed by atoms with van der Waals surface area (Å²) in [5.74, 6) is 0.604. The Kier molecular flexibility index (Phi) is 9.86. The molecular weight excluding hydrogens is 565 g/mol. The van der Waals surface area contributed by atoms with Gasteiger partial charge in [0.15, 0.2) is 20.3 Å². The fourth-order valence-corrected chi connectivity index (χ4v) is 12.9. The Morgan fingerprint density at radius 3 is 2.07 bits per heavy atom. The van der Waals surface area contributed by atoms with Gasteiger partial charge in [-0.25, -0.2) is 9.69 Å². The number of carboxylic acid groups (broad SMARTS) is 1. The van der Waals surface area contributed by atoms with Gasteiger partial charge in [-0.2, -0.15) is 0 Å². The summed E-state index contributed by atoms with van der Waals surface area (Å²) in [6.07, 6.45) is 4.12. The molecule has 8 nitrogen and oxygen atoms in total. The molecule has 0 radical (unpaired) electrons. The van der Waals surface area contributed by atoms with Crippen molar-refractivity contribution in [2.75, 3.05) is 12.0 Å². The first kappa shape index (κ1) is 33.9. The van der Waals surface area contributed by atoms with Gasteiger partial charge >= 0.3 is 6.09 Å². The van der Waals surface area contributed by atoms with Crippen molar-refractivity contribution in [2.24, 2.45) is 0 Å². The summed E-state index contributed by atoms with van der Waals surface area (Å²) >= 11 is 0. The zero-order valence-corrected chi connectivity index (χ0v) is 29.9. The Morgan fingerprint density at radius 2 is 1.62 bits per heavy atom. The first-order chi connectivity index (χ1) is 19.3. The molecule has 1 N–H and O–H groups in total. The second-order valence-corrected chi connectivity index (χ2v) is 24.2. The van der Waals surface area contributed by atoms with Crippen molar-refractivity contribution in [1.82, 2.24) is 4.90 Å². The van der Waals surface area contributed by atoms with Crippen LogP contribution in [0.2, 0.25) is 34.8 Å². The van der Waals surface area contributed by atoms with E-state index in [4.69, 9.17) is 13.6 Å². The second kappa shape index (κ2) is 12.2. The topological polar surface area (TPSA) is 88.5 Å². The summed E-state index contributed by atoms with van der Waals surface area (Å²) in [7, 11) is -3.38. The summed E-state index contributed by atoms with van der Waals surface area (Å²) in [5.41, 5.74) is 2.32. The van der Waals surface area contributed by atoms with E-state index in [-0.39, 0.29) is 38.8 Å². The molecular formula is C32H52N2O6Si2. The smallest absolute Gasteiger partial charge is 0.414 e. The van der Waals surface area contributed by atoms with Gasteiger partial charge in [0.2, 0.25) is 0 Å². The Hall–Kier alpha value is -2.57. The summed E-state index contributed by atoms with van der Waals surface area (Å²) in [5, 5.41) is 10.6. The molecule has 0 aromatic heterocycles. The fourth-order valence-electron chi connectivity index (χ4n) is 6.41. The van der Waals surface area contributed by atoms with E-state index in [2.05, 4.69) is 75.4 Å². The van der Waals surface area contributed by atoms with Gasteiger partial charge in [-0.05, 0) is 59.7 Å². The summed E-state index contributed by atoms with van der Waals surface area (Å²) in [6, 6.07) is 2.83. The van der Waals surface area contributed by atoms with Crippen molar-refractivity contribution in [3.8, 4) is 11.5 Å². The maximum atomic E-state index is 14.2. The molecule has 10 heteroatoms. The number of nitrogens with zero attached hydrogens (tertiary/aromatic N) is 2. The summed E-state index contributed by atoms with van der Waals surface area (Å²) < 4.78 is 19.8. The molecule has 1 aromatic rings. The lowest BCUT2D eigenvalue weighted by molar-refractivity contribution is 0.0603. The maximum Gasteiger partial charge on any atom is 0.414 e. The van der Waals surface area contributed by atoms with Crippen molar-refractivity contribution in [2.45, 2.75) is 123 Å². The predicted molar refractivity (Wildman–Crippen MR) is 175 cm³/mol. The molecule has 42 heavy (non-hydrogen) atoms. The van der Waals surface area contributed by atoms with Crippen LogP contribution in [0.5, 0.6) is 11.5 Å². The first-order valence-corrected chi connectivity index (χ1v) is 20.2. The van der Waals surface area contributed by atoms with Crippen molar-refractivity contribution in [1.29, 1.82) is 0 Å². The number of fused-ring (bicyclic) bond motifs is 2. The van der Waals surface area contributed by atoms with Crippen molar-refractivity contribution in [3.63, 3.8) is 0 Å². The predicted octanol–water partition coefficient (Wildman–Crippen LogP) is 8.77. The third-order valence-corrected chi connectivity index (χ3v) is 19.9. The minimum Gasteiger partial charge on any atom is -0.540 e. The van der Waals surface area contributed by atoms with Gasteiger partial charge in [0, 0.05) is 12.3 Å². The van der Waals surface area contributed by atoms with E-state index >= 15 is 0 Å². The normalized spacial score (nSPS) is 19.9. The van der Waals surface area contributed by atoms with Crippen LogP contribution in [0, 0.1) is 0 Å². The van der Waals surface area contributed by atoms with Gasteiger partial charge in [-0.3, -0.25) is 4.79 Å². The molecule has 0 saturated carbocycles. The van der Waals surface area contributed by atoms with E-state index in [9.17, 15) is 14.7 Å². The van der Waals surface area contributed by atoms with Gasteiger partial charge in [-0.15, -0.1) is 0 Å². The van der Waals surface area contributed by atoms with Crippen LogP contribution in [0.1, 0.15) is 86.0 Å². The molecule has 2 aliphatic heterocycles. The van der Waals surface area contributed by atoms with Gasteiger partial charge in [0.25, 0.3) is 14.2 Å². The highest BCUT2D eigenvalue weighted by molar-refractivity contribution is 6.78. The lowest BCUT2D eigenvalue weighted by atomic mass is 10.1. The number of allylic oxidation sites excluding steroid dienone is 2. The van der Waals surface area contributed by atoms with Crippen LogP contribution in [0.3, 0.4) is 0 Å². The Labute approximate surface area is 255 Å². The molecule has 2 heterocycles. The van der Waals surface area contributed by atoms with E-state index in [1.807, 2.05) is 25.3 Å². The number of hydrogen-bond acceptors (Lipinski definition) is 5. The molecule has 1 aromatic carbocycles. The molecule has 0 bridgehead atoms. The van der Waals surface area contributed by atoms with E-state index < -0.39 is 35.0 Å². The van der Waals surface area contributed by atoms with Gasteiger partial charge in [0.05, 0.1) is 24.4 Å². The maximum absolute atomic E-state index is 14.2. The first-order valence-electron chi connectivity index (χ1n) is 15.1. The number of anilines is 1. The van der Waals surface area contributed by atoms with Crippen LogP contribution >= 0.6 is 0 Å². The van der Waals surface area contributed by atoms with Crippen LogP contribution in [0.15, 0.2) is 36.1 Å². The monoisotopic (exact) mass is 616 g/mol. The van der Waals surface area contributed by atoms with E-state index in [0.717, 1.165) is 5.57 Å². The summed E-state index contributed by atoms with van der Waals surface area (Å²) in [6.45, 7) is 25.7. The SMILES string of the molecule is C/C=C/C1=CN2C(=O)c3cc(OC)c(O[Si](C(C)C)(C(C)C)C(C)C)cc3N(C(=O)O)C(O[Si](C)(C)C(C)(C)C)C2C1. The highest BCUT2D eigenvalue weighted by atomic mass is 28.4. The average molecular weight is 617 g/mol. The molecule has 0 saturated heterocycles. The quantitative estimate of drug-likeness (QED) is 0.279. The van der Waals surface area contributed by atoms with E-state index in [1.54, 1.807) is 24.1 Å². The van der Waals surface area contributed by atoms with Crippen molar-refractivity contribution < 1.29 is 28.3 Å². The van der Waals surface area contributed by atoms with Gasteiger partial charge in [0.1, 0.15) is 5.75 Å². The zero-order valence-electron chi connectivity index (χ0n) is 27.9. The molecule has 2 atom stereocenters. The molecule has 2 amide bonds. The van der Waals surface area contributed by atoms with Crippen LogP contribution in [-0.4, -0.2) is 58.0 Å². The second-order valence-electron chi connectivity index (χ2n) is 14.0. The third-order valence-electron chi connectivity index (χ3n) is 9.50.